The molecule has 0 radical (unpaired) electrons. The van der Waals surface area contributed by atoms with Crippen LogP contribution in [0.1, 0.15) is 64.0 Å². The lowest BCUT2D eigenvalue weighted by Gasteiger charge is -2.20. The molecule has 0 bridgehead atoms. The standard InChI is InChI=1S/C19H33NO/c1-5-8-11-16(6-2)14-21-19-15(4)10-9-12-17(19)13-18(20)7-3/h9-10,12,16,18H,5-8,11,13-14,20H2,1-4H3. The van der Waals surface area contributed by atoms with Gasteiger partial charge in [-0.05, 0) is 43.2 Å². The third kappa shape index (κ3) is 6.09. The molecule has 0 spiro atoms. The van der Waals surface area contributed by atoms with Gasteiger partial charge in [0.2, 0.25) is 0 Å². The summed E-state index contributed by atoms with van der Waals surface area (Å²) in [5.74, 6) is 1.73. The minimum absolute atomic E-state index is 0.219. The highest BCUT2D eigenvalue weighted by Crippen LogP contribution is 2.26. The molecule has 0 amide bonds. The van der Waals surface area contributed by atoms with Crippen molar-refractivity contribution in [3.63, 3.8) is 0 Å². The van der Waals surface area contributed by atoms with Crippen LogP contribution in [0, 0.1) is 12.8 Å². The molecular weight excluding hydrogens is 258 g/mol. The average Bonchev–Trinajstić information content (AvgIpc) is 2.49. The van der Waals surface area contributed by atoms with Crippen molar-refractivity contribution >= 4 is 0 Å². The Morgan fingerprint density at radius 2 is 1.90 bits per heavy atom. The van der Waals surface area contributed by atoms with Gasteiger partial charge in [0.1, 0.15) is 5.75 Å². The van der Waals surface area contributed by atoms with Gasteiger partial charge in [0, 0.05) is 6.04 Å². The lowest BCUT2D eigenvalue weighted by atomic mass is 9.99. The van der Waals surface area contributed by atoms with Crippen LogP contribution in [0.3, 0.4) is 0 Å². The normalized spacial score (nSPS) is 14.0. The van der Waals surface area contributed by atoms with E-state index >= 15 is 0 Å². The maximum atomic E-state index is 6.21. The van der Waals surface area contributed by atoms with Gasteiger partial charge in [0.05, 0.1) is 6.61 Å². The number of unbranched alkanes of at least 4 members (excludes halogenated alkanes) is 1. The van der Waals surface area contributed by atoms with Gasteiger partial charge in [0.15, 0.2) is 0 Å². The zero-order chi connectivity index (χ0) is 15.7. The number of rotatable bonds is 10. The first-order valence-electron chi connectivity index (χ1n) is 8.59. The number of nitrogens with two attached hydrogens (primary N) is 1. The maximum absolute atomic E-state index is 6.21. The third-order valence-electron chi connectivity index (χ3n) is 4.31. The predicted molar refractivity (Wildman–Crippen MR) is 92.0 cm³/mol. The number of hydrogen-bond donors (Lipinski definition) is 1. The summed E-state index contributed by atoms with van der Waals surface area (Å²) in [5.41, 5.74) is 8.60. The first-order chi connectivity index (χ1) is 10.1. The Morgan fingerprint density at radius 3 is 2.52 bits per heavy atom. The number of para-hydroxylation sites is 1. The first-order valence-corrected chi connectivity index (χ1v) is 8.59. The number of benzene rings is 1. The van der Waals surface area contributed by atoms with Crippen LogP contribution in [-0.4, -0.2) is 12.6 Å². The van der Waals surface area contributed by atoms with E-state index in [1.165, 1.54) is 36.8 Å². The smallest absolute Gasteiger partial charge is 0.125 e. The van der Waals surface area contributed by atoms with Crippen LogP contribution in [0.5, 0.6) is 5.75 Å². The van der Waals surface area contributed by atoms with Gasteiger partial charge in [-0.3, -0.25) is 0 Å². The minimum Gasteiger partial charge on any atom is -0.493 e. The summed E-state index contributed by atoms with van der Waals surface area (Å²) in [6.07, 6.45) is 6.92. The van der Waals surface area contributed by atoms with Crippen LogP contribution >= 0.6 is 0 Å². The van der Waals surface area contributed by atoms with E-state index < -0.39 is 0 Å². The second kappa shape index (κ2) is 9.83. The third-order valence-corrected chi connectivity index (χ3v) is 4.31. The number of aryl methyl sites for hydroxylation is 1. The molecule has 0 aliphatic carbocycles. The summed E-state index contributed by atoms with van der Waals surface area (Å²) in [7, 11) is 0. The molecule has 0 heterocycles. The summed E-state index contributed by atoms with van der Waals surface area (Å²) >= 11 is 0. The Bertz CT molecular complexity index is 403. The zero-order valence-corrected chi connectivity index (χ0v) is 14.3. The van der Waals surface area contributed by atoms with Crippen molar-refractivity contribution in [3.05, 3.63) is 29.3 Å². The largest absolute Gasteiger partial charge is 0.493 e. The molecular formula is C19H33NO. The van der Waals surface area contributed by atoms with Gasteiger partial charge in [-0.25, -0.2) is 0 Å². The van der Waals surface area contributed by atoms with Gasteiger partial charge in [-0.1, -0.05) is 58.2 Å². The topological polar surface area (TPSA) is 35.2 Å². The molecule has 1 aromatic rings. The molecule has 1 aromatic carbocycles. The first kappa shape index (κ1) is 18.0. The van der Waals surface area contributed by atoms with Gasteiger partial charge >= 0.3 is 0 Å². The quantitative estimate of drug-likeness (QED) is 0.667. The summed E-state index contributed by atoms with van der Waals surface area (Å²) in [4.78, 5) is 0. The van der Waals surface area contributed by atoms with Crippen LogP contribution in [-0.2, 0) is 6.42 Å². The molecule has 2 unspecified atom stereocenters. The van der Waals surface area contributed by atoms with Gasteiger partial charge in [-0.2, -0.15) is 0 Å². The van der Waals surface area contributed by atoms with Crippen LogP contribution in [0.4, 0.5) is 0 Å². The Morgan fingerprint density at radius 1 is 1.14 bits per heavy atom. The van der Waals surface area contributed by atoms with E-state index in [1.807, 2.05) is 0 Å². The Labute approximate surface area is 131 Å². The fourth-order valence-corrected chi connectivity index (χ4v) is 2.61. The molecule has 0 saturated heterocycles. The summed E-state index contributed by atoms with van der Waals surface area (Å²) in [6.45, 7) is 9.60. The van der Waals surface area contributed by atoms with E-state index in [9.17, 15) is 0 Å². The van der Waals surface area contributed by atoms with Crippen molar-refractivity contribution in [2.24, 2.45) is 11.7 Å². The van der Waals surface area contributed by atoms with Gasteiger partial charge in [0.25, 0.3) is 0 Å². The Kier molecular flexibility index (Phi) is 8.44. The molecule has 0 saturated carbocycles. The molecule has 2 atom stereocenters. The Balaban J connectivity index is 2.72. The maximum Gasteiger partial charge on any atom is 0.125 e. The fraction of sp³-hybridized carbons (Fsp3) is 0.684. The number of hydrogen-bond acceptors (Lipinski definition) is 2. The summed E-state index contributed by atoms with van der Waals surface area (Å²) < 4.78 is 6.21. The summed E-state index contributed by atoms with van der Waals surface area (Å²) in [5, 5.41) is 0. The van der Waals surface area contributed by atoms with Crippen molar-refractivity contribution in [3.8, 4) is 5.75 Å². The minimum atomic E-state index is 0.219. The van der Waals surface area contributed by atoms with Crippen molar-refractivity contribution in [1.29, 1.82) is 0 Å². The van der Waals surface area contributed by atoms with E-state index in [4.69, 9.17) is 10.5 Å². The lowest BCUT2D eigenvalue weighted by molar-refractivity contribution is 0.230. The van der Waals surface area contributed by atoms with Crippen LogP contribution in [0.2, 0.25) is 0 Å². The molecule has 0 aliphatic rings. The fourth-order valence-electron chi connectivity index (χ4n) is 2.61. The van der Waals surface area contributed by atoms with E-state index in [0.29, 0.717) is 5.92 Å². The molecule has 0 fully saturated rings. The number of ether oxygens (including phenoxy) is 1. The second-order valence-electron chi connectivity index (χ2n) is 6.16. The molecule has 2 nitrogen and oxygen atoms in total. The van der Waals surface area contributed by atoms with Crippen molar-refractivity contribution in [1.82, 2.24) is 0 Å². The summed E-state index contributed by atoms with van der Waals surface area (Å²) in [6, 6.07) is 6.61. The highest BCUT2D eigenvalue weighted by Gasteiger charge is 2.13. The van der Waals surface area contributed by atoms with Gasteiger partial charge in [-0.15, -0.1) is 0 Å². The van der Waals surface area contributed by atoms with E-state index in [0.717, 1.165) is 25.2 Å². The van der Waals surface area contributed by atoms with Crippen molar-refractivity contribution < 1.29 is 4.74 Å². The lowest BCUT2D eigenvalue weighted by Crippen LogP contribution is -2.22. The predicted octanol–water partition coefficient (Wildman–Crippen LogP) is 4.87. The van der Waals surface area contributed by atoms with E-state index in [-0.39, 0.29) is 6.04 Å². The molecule has 0 aromatic heterocycles. The monoisotopic (exact) mass is 291 g/mol. The average molecular weight is 291 g/mol. The van der Waals surface area contributed by atoms with Crippen molar-refractivity contribution in [2.45, 2.75) is 72.3 Å². The molecule has 2 N–H and O–H groups in total. The highest BCUT2D eigenvalue weighted by molar-refractivity contribution is 5.41. The Hall–Kier alpha value is -1.02. The molecule has 1 rings (SSSR count). The van der Waals surface area contributed by atoms with Gasteiger partial charge < -0.3 is 10.5 Å². The molecule has 0 aliphatic heterocycles. The highest BCUT2D eigenvalue weighted by atomic mass is 16.5. The molecule has 120 valence electrons. The van der Waals surface area contributed by atoms with Crippen LogP contribution in [0.15, 0.2) is 18.2 Å². The van der Waals surface area contributed by atoms with Crippen LogP contribution in [0.25, 0.3) is 0 Å². The van der Waals surface area contributed by atoms with Crippen molar-refractivity contribution in [2.75, 3.05) is 6.61 Å². The van der Waals surface area contributed by atoms with Crippen LogP contribution < -0.4 is 10.5 Å². The van der Waals surface area contributed by atoms with E-state index in [1.54, 1.807) is 0 Å². The van der Waals surface area contributed by atoms with E-state index in [2.05, 4.69) is 45.9 Å². The zero-order valence-electron chi connectivity index (χ0n) is 14.3. The molecule has 21 heavy (non-hydrogen) atoms. The molecule has 2 heteroatoms. The SMILES string of the molecule is CCCCC(CC)COc1c(C)cccc1CC(N)CC. The second-order valence-corrected chi connectivity index (χ2v) is 6.16.